The fourth-order valence-corrected chi connectivity index (χ4v) is 7.47. The van der Waals surface area contributed by atoms with Gasteiger partial charge >= 0.3 is 6.09 Å². The van der Waals surface area contributed by atoms with Crippen molar-refractivity contribution >= 4 is 46.3 Å². The molecule has 2 atom stereocenters. The maximum absolute atomic E-state index is 14.5. The van der Waals surface area contributed by atoms with Gasteiger partial charge in [-0.3, -0.25) is 44.1 Å². The van der Waals surface area contributed by atoms with Crippen molar-refractivity contribution in [1.29, 1.82) is 0 Å². The number of carbonyl (C=O) groups is 5. The summed E-state index contributed by atoms with van der Waals surface area (Å²) in [6.45, 7) is 8.33. The summed E-state index contributed by atoms with van der Waals surface area (Å²) in [5, 5.41) is 14.2. The minimum atomic E-state index is -1.05. The molecule has 0 unspecified atom stereocenters. The molecule has 1 saturated heterocycles. The first-order valence-electron chi connectivity index (χ1n) is 19.1. The standard InChI is InChI=1S/C41H50N8O7/c1-23-18-33(38(53)46-31-6-5-17-43-37(31)52)44-22-30(23)26-11-7-24(8-12-26)19-34(35(42)50)49(28-15-16-29-32(20-28)47-48-36(29)51)39(54)27-13-9-25(10-14-27)21-45-40(55)56-41(2,3)4/h7-8,11-12,15-16,18,20,22,25,27,31,34H,5-6,9-10,13-14,17,19,21H2,1-4H3,(H2,42,50)(H,43,52)(H,45,55)(H,46,53)(H2,47,48,51)/t25?,27?,31-,34+/m1/s1. The van der Waals surface area contributed by atoms with E-state index in [9.17, 15) is 28.8 Å². The van der Waals surface area contributed by atoms with Crippen molar-refractivity contribution in [3.05, 3.63) is 81.9 Å². The number of carbonyl (C=O) groups excluding carboxylic acids is 5. The number of ether oxygens (including phenoxy) is 1. The normalized spacial score (nSPS) is 19.1. The molecule has 1 saturated carbocycles. The summed E-state index contributed by atoms with van der Waals surface area (Å²) >= 11 is 0. The van der Waals surface area contributed by atoms with Gasteiger partial charge in [-0.05, 0) is 113 Å². The van der Waals surface area contributed by atoms with E-state index in [1.54, 1.807) is 51.2 Å². The van der Waals surface area contributed by atoms with E-state index in [0.717, 1.165) is 28.7 Å². The molecule has 1 aliphatic heterocycles. The van der Waals surface area contributed by atoms with E-state index in [-0.39, 0.29) is 35.4 Å². The predicted octanol–water partition coefficient (Wildman–Crippen LogP) is 4.00. The number of benzene rings is 2. The van der Waals surface area contributed by atoms with Crippen LogP contribution >= 0.6 is 0 Å². The van der Waals surface area contributed by atoms with Crippen molar-refractivity contribution in [3.8, 4) is 11.1 Å². The number of aryl methyl sites for hydroxylation is 1. The van der Waals surface area contributed by atoms with Gasteiger partial charge in [0.15, 0.2) is 0 Å². The van der Waals surface area contributed by atoms with Crippen molar-refractivity contribution in [1.82, 2.24) is 31.1 Å². The number of piperidine rings is 1. The van der Waals surface area contributed by atoms with Crippen LogP contribution in [0, 0.1) is 18.8 Å². The summed E-state index contributed by atoms with van der Waals surface area (Å²) < 4.78 is 5.36. The molecular formula is C41H50N8O7. The van der Waals surface area contributed by atoms with Crippen LogP contribution in [0.2, 0.25) is 0 Å². The quantitative estimate of drug-likeness (QED) is 0.131. The topological polar surface area (TPSA) is 221 Å². The first kappa shape index (κ1) is 39.7. The van der Waals surface area contributed by atoms with Crippen LogP contribution in [-0.2, 0) is 25.5 Å². The number of nitrogens with two attached hydrogens (primary N) is 1. The lowest BCUT2D eigenvalue weighted by Gasteiger charge is -2.36. The molecule has 2 fully saturated rings. The number of H-pyrrole nitrogens is 2. The lowest BCUT2D eigenvalue weighted by Crippen LogP contribution is -2.52. The second-order valence-electron chi connectivity index (χ2n) is 15.8. The molecule has 5 amide bonds. The molecule has 2 aliphatic rings. The van der Waals surface area contributed by atoms with Gasteiger partial charge in [-0.2, -0.15) is 0 Å². The van der Waals surface area contributed by atoms with Crippen LogP contribution in [0.25, 0.3) is 22.0 Å². The van der Waals surface area contributed by atoms with E-state index in [1.807, 2.05) is 31.2 Å². The zero-order valence-corrected chi connectivity index (χ0v) is 32.2. The number of nitrogens with zero attached hydrogens (tertiary/aromatic N) is 2. The zero-order chi connectivity index (χ0) is 40.1. The molecule has 3 heterocycles. The number of pyridine rings is 1. The van der Waals surface area contributed by atoms with Crippen LogP contribution in [0.5, 0.6) is 0 Å². The molecule has 2 aromatic carbocycles. The minimum Gasteiger partial charge on any atom is -0.444 e. The highest BCUT2D eigenvalue weighted by Crippen LogP contribution is 2.33. The van der Waals surface area contributed by atoms with E-state index in [1.165, 1.54) is 4.90 Å². The Morgan fingerprint density at radius 1 is 0.982 bits per heavy atom. The van der Waals surface area contributed by atoms with Crippen molar-refractivity contribution in [2.45, 2.75) is 90.3 Å². The van der Waals surface area contributed by atoms with Gasteiger partial charge in [0, 0.05) is 42.9 Å². The van der Waals surface area contributed by atoms with Gasteiger partial charge in [-0.1, -0.05) is 24.3 Å². The number of nitrogens with one attached hydrogen (secondary N) is 5. The highest BCUT2D eigenvalue weighted by molar-refractivity contribution is 6.03. The van der Waals surface area contributed by atoms with Crippen molar-refractivity contribution in [2.24, 2.45) is 17.6 Å². The number of primary amides is 1. The molecule has 56 heavy (non-hydrogen) atoms. The summed E-state index contributed by atoms with van der Waals surface area (Å²) in [7, 11) is 0. The largest absolute Gasteiger partial charge is 0.444 e. The fraction of sp³-hybridized carbons (Fsp3) is 0.439. The molecule has 4 aromatic rings. The summed E-state index contributed by atoms with van der Waals surface area (Å²) in [5.41, 5.74) is 9.51. The number of aromatic nitrogens is 3. The average Bonchev–Trinajstić information content (AvgIpc) is 3.53. The van der Waals surface area contributed by atoms with Crippen LogP contribution in [0.4, 0.5) is 10.5 Å². The molecule has 296 valence electrons. The third-order valence-corrected chi connectivity index (χ3v) is 10.5. The monoisotopic (exact) mass is 766 g/mol. The number of aromatic amines is 2. The Labute approximate surface area is 324 Å². The molecule has 0 bridgehead atoms. The number of fused-ring (bicyclic) bond motifs is 1. The Morgan fingerprint density at radius 2 is 1.71 bits per heavy atom. The average molecular weight is 767 g/mol. The highest BCUT2D eigenvalue weighted by Gasteiger charge is 2.36. The molecule has 7 N–H and O–H groups in total. The second-order valence-corrected chi connectivity index (χ2v) is 15.8. The van der Waals surface area contributed by atoms with Crippen molar-refractivity contribution < 1.29 is 28.7 Å². The summed E-state index contributed by atoms with van der Waals surface area (Å²) in [6.07, 6.45) is 5.15. The number of hydrogen-bond donors (Lipinski definition) is 6. The SMILES string of the molecule is Cc1cc(C(=O)N[C@@H]2CCCNC2=O)ncc1-c1ccc(C[C@@H](C(N)=O)N(C(=O)C2CCC(CNC(=O)OC(C)(C)C)CC2)c2ccc3c(=O)[nH][nH]c3c2)cc1. The van der Waals surface area contributed by atoms with E-state index < -0.39 is 41.5 Å². The zero-order valence-electron chi connectivity index (χ0n) is 32.2. The lowest BCUT2D eigenvalue weighted by atomic mass is 9.81. The van der Waals surface area contributed by atoms with E-state index in [4.69, 9.17) is 10.5 Å². The van der Waals surface area contributed by atoms with Gasteiger partial charge in [-0.15, -0.1) is 0 Å². The van der Waals surface area contributed by atoms with Crippen molar-refractivity contribution in [3.63, 3.8) is 0 Å². The second kappa shape index (κ2) is 16.8. The Balaban J connectivity index is 1.18. The number of amides is 5. The van der Waals surface area contributed by atoms with Crippen molar-refractivity contribution in [2.75, 3.05) is 18.0 Å². The predicted molar refractivity (Wildman–Crippen MR) is 211 cm³/mol. The number of anilines is 1. The van der Waals surface area contributed by atoms with E-state index in [2.05, 4.69) is 31.1 Å². The number of rotatable bonds is 11. The third-order valence-electron chi connectivity index (χ3n) is 10.5. The first-order chi connectivity index (χ1) is 26.7. The summed E-state index contributed by atoms with van der Waals surface area (Å²) in [5.74, 6) is -1.76. The van der Waals surface area contributed by atoms with E-state index in [0.29, 0.717) is 61.8 Å². The minimum absolute atomic E-state index is 0.128. The molecular weight excluding hydrogens is 716 g/mol. The van der Waals surface area contributed by atoms with Crippen LogP contribution in [-0.4, -0.2) is 75.7 Å². The third kappa shape index (κ3) is 9.44. The molecule has 15 nitrogen and oxygen atoms in total. The maximum atomic E-state index is 14.5. The van der Waals surface area contributed by atoms with Gasteiger partial charge in [0.05, 0.1) is 10.9 Å². The van der Waals surface area contributed by atoms with Crippen LogP contribution in [0.15, 0.2) is 59.5 Å². The van der Waals surface area contributed by atoms with Crippen LogP contribution in [0.1, 0.15) is 80.9 Å². The summed E-state index contributed by atoms with van der Waals surface area (Å²) in [4.78, 5) is 83.1. The van der Waals surface area contributed by atoms with Gasteiger partial charge in [0.2, 0.25) is 17.7 Å². The van der Waals surface area contributed by atoms with Crippen LogP contribution in [0.3, 0.4) is 0 Å². The Kier molecular flexibility index (Phi) is 11.9. The van der Waals surface area contributed by atoms with Gasteiger partial charge < -0.3 is 26.4 Å². The van der Waals surface area contributed by atoms with Gasteiger partial charge in [-0.25, -0.2) is 4.79 Å². The Bertz CT molecular complexity index is 2160. The smallest absolute Gasteiger partial charge is 0.407 e. The number of alkyl carbamates (subject to hydrolysis) is 1. The molecule has 15 heteroatoms. The molecule has 2 aromatic heterocycles. The fourth-order valence-electron chi connectivity index (χ4n) is 7.47. The highest BCUT2D eigenvalue weighted by atomic mass is 16.6. The number of hydrogen-bond acceptors (Lipinski definition) is 8. The molecule has 0 spiro atoms. The molecule has 0 radical (unpaired) electrons. The lowest BCUT2D eigenvalue weighted by molar-refractivity contribution is -0.127. The molecule has 1 aliphatic carbocycles. The van der Waals surface area contributed by atoms with Gasteiger partial charge in [0.1, 0.15) is 23.4 Å². The Hall–Kier alpha value is -5.99. The van der Waals surface area contributed by atoms with Crippen LogP contribution < -0.4 is 32.1 Å². The summed E-state index contributed by atoms with van der Waals surface area (Å²) in [6, 6.07) is 12.5. The molecule has 6 rings (SSSR count). The van der Waals surface area contributed by atoms with E-state index >= 15 is 0 Å². The maximum Gasteiger partial charge on any atom is 0.407 e. The van der Waals surface area contributed by atoms with Gasteiger partial charge in [0.25, 0.3) is 11.5 Å². The Morgan fingerprint density at radius 3 is 2.38 bits per heavy atom. The first-order valence-corrected chi connectivity index (χ1v) is 19.1.